The summed E-state index contributed by atoms with van der Waals surface area (Å²) in [5.74, 6) is 0. The van der Waals surface area contributed by atoms with Crippen molar-refractivity contribution >= 4 is 10.0 Å². The minimum atomic E-state index is -3.29. The van der Waals surface area contributed by atoms with E-state index in [4.69, 9.17) is 5.26 Å². The quantitative estimate of drug-likeness (QED) is 0.306. The molecule has 2 aromatic carbocycles. The number of nitriles is 1. The van der Waals surface area contributed by atoms with Crippen molar-refractivity contribution < 1.29 is 41.1 Å². The molecule has 0 bridgehead atoms. The number of aryl methyl sites for hydroxylation is 1. The van der Waals surface area contributed by atoms with Crippen molar-refractivity contribution in [1.82, 2.24) is 4.72 Å². The van der Waals surface area contributed by atoms with Gasteiger partial charge in [-0.15, -0.1) is 0 Å². The summed E-state index contributed by atoms with van der Waals surface area (Å²) in [6, 6.07) is 22.8. The third kappa shape index (κ3) is 49.8. The third-order valence-corrected chi connectivity index (χ3v) is 2.24. The van der Waals surface area contributed by atoms with Crippen LogP contribution in [0.3, 0.4) is 0 Å². The topological polar surface area (TPSA) is 70.0 Å². The first kappa shape index (κ1) is 41.2. The molecule has 0 atom stereocenters. The fourth-order valence-electron chi connectivity index (χ4n) is 0.959. The molecule has 0 saturated carbocycles. The van der Waals surface area contributed by atoms with E-state index in [-0.39, 0.29) is 40.1 Å². The van der Waals surface area contributed by atoms with Crippen LogP contribution < -0.4 is 4.72 Å². The van der Waals surface area contributed by atoms with Crippen molar-refractivity contribution in [3.8, 4) is 6.19 Å². The van der Waals surface area contributed by atoms with E-state index in [2.05, 4.69) is 25.1 Å². The molecule has 0 saturated heterocycles. The molecule has 0 spiro atoms. The summed E-state index contributed by atoms with van der Waals surface area (Å²) >= 11 is 0. The molecule has 0 aliphatic rings. The molecule has 28 heavy (non-hydrogen) atoms. The number of rotatable bonds is 1. The average Bonchev–Trinajstić information content (AvgIpc) is 2.69. The first-order valence-corrected chi connectivity index (χ1v) is 10.6. The van der Waals surface area contributed by atoms with Crippen LogP contribution in [0.2, 0.25) is 0 Å². The fourth-order valence-corrected chi connectivity index (χ4v) is 1.13. The SMILES string of the molecule is CC.CC.CC.CS(=O)(=O)NC#N.Cc1ccccc1.[CH3-].[Y].[c-]1ccccc1. The number of benzene rings is 2. The van der Waals surface area contributed by atoms with Crippen molar-refractivity contribution in [3.63, 3.8) is 0 Å². The van der Waals surface area contributed by atoms with Gasteiger partial charge in [-0.25, -0.2) is 13.1 Å². The molecule has 1 radical (unpaired) electrons. The Labute approximate surface area is 200 Å². The number of nitrogens with zero attached hydrogens (tertiary/aromatic N) is 1. The van der Waals surface area contributed by atoms with Crippen LogP contribution in [-0.4, -0.2) is 14.7 Å². The number of nitrogens with one attached hydrogen (secondary N) is 1. The second kappa shape index (κ2) is 36.7. The Morgan fingerprint density at radius 1 is 0.857 bits per heavy atom. The molecule has 0 amide bonds. The first-order valence-electron chi connectivity index (χ1n) is 8.74. The van der Waals surface area contributed by atoms with Crippen LogP contribution in [0.15, 0.2) is 60.7 Å². The number of sulfonamides is 1. The zero-order valence-electron chi connectivity index (χ0n) is 19.0. The normalized spacial score (nSPS) is 6.96. The zero-order valence-corrected chi connectivity index (χ0v) is 22.7. The van der Waals surface area contributed by atoms with E-state index < -0.39 is 10.0 Å². The second-order valence-electron chi connectivity index (χ2n) is 3.72. The van der Waals surface area contributed by atoms with E-state index in [0.29, 0.717) is 0 Å². The Hall–Kier alpha value is -1.22. The molecular weight excluding hydrogens is 445 g/mol. The standard InChI is InChI=1S/C7H8.C6H5.C2H4N2O2S.3C2H6.CH3.Y/c1-7-5-3-2-4-6-7;1-2-4-6-5-3-1;1-7(5,6)4-2-3;3*1-2;;/h2-6H,1H3;1-5H;4H,1H3;3*1-2H3;1H3;/q;-1;;;;;-1;. The first-order chi connectivity index (χ1) is 12.5. The third-order valence-electron chi connectivity index (χ3n) is 1.78. The van der Waals surface area contributed by atoms with Gasteiger partial charge in [0.1, 0.15) is 0 Å². The van der Waals surface area contributed by atoms with Gasteiger partial charge in [-0.3, -0.25) is 0 Å². The molecular formula is C22H38N2O2SY-2. The molecule has 0 heterocycles. The maximum atomic E-state index is 9.90. The Bertz CT molecular complexity index is 573. The Balaban J connectivity index is -0.0000000554. The van der Waals surface area contributed by atoms with Crippen LogP contribution in [0.4, 0.5) is 0 Å². The summed E-state index contributed by atoms with van der Waals surface area (Å²) in [6.45, 7) is 14.1. The minimum absolute atomic E-state index is 0. The van der Waals surface area contributed by atoms with Crippen LogP contribution in [-0.2, 0) is 42.7 Å². The van der Waals surface area contributed by atoms with Gasteiger partial charge in [0.25, 0.3) is 0 Å². The molecule has 0 aliphatic heterocycles. The van der Waals surface area contributed by atoms with Crippen LogP contribution >= 0.6 is 0 Å². The molecule has 4 nitrogen and oxygen atoms in total. The van der Waals surface area contributed by atoms with E-state index in [1.54, 1.807) is 4.72 Å². The van der Waals surface area contributed by atoms with Gasteiger partial charge < -0.3 is 7.43 Å². The van der Waals surface area contributed by atoms with Gasteiger partial charge in [0, 0.05) is 32.7 Å². The van der Waals surface area contributed by atoms with Crippen LogP contribution in [0.1, 0.15) is 47.1 Å². The van der Waals surface area contributed by atoms with Crippen molar-refractivity contribution in [1.29, 1.82) is 5.26 Å². The average molecular weight is 484 g/mol. The number of hydrogen-bond donors (Lipinski definition) is 1. The summed E-state index contributed by atoms with van der Waals surface area (Å²) in [4.78, 5) is 0. The van der Waals surface area contributed by atoms with Gasteiger partial charge in [0.2, 0.25) is 10.0 Å². The largest absolute Gasteiger partial charge is 0.358 e. The molecule has 0 fully saturated rings. The molecule has 2 aromatic rings. The van der Waals surface area contributed by atoms with Crippen molar-refractivity contribution in [2.75, 3.05) is 6.26 Å². The predicted molar refractivity (Wildman–Crippen MR) is 121 cm³/mol. The van der Waals surface area contributed by atoms with Gasteiger partial charge in [-0.1, -0.05) is 77.4 Å². The molecule has 159 valence electrons. The summed E-state index contributed by atoms with van der Waals surface area (Å²) in [5.41, 5.74) is 1.32. The maximum absolute atomic E-state index is 9.90. The molecule has 2 rings (SSSR count). The van der Waals surface area contributed by atoms with Crippen LogP contribution in [0.5, 0.6) is 0 Å². The van der Waals surface area contributed by atoms with E-state index >= 15 is 0 Å². The second-order valence-corrected chi connectivity index (χ2v) is 5.47. The van der Waals surface area contributed by atoms with Crippen molar-refractivity contribution in [3.05, 3.63) is 79.7 Å². The van der Waals surface area contributed by atoms with Crippen LogP contribution in [0, 0.1) is 31.9 Å². The Morgan fingerprint density at radius 3 is 1.32 bits per heavy atom. The summed E-state index contributed by atoms with van der Waals surface area (Å²) in [7, 11) is -3.29. The Kier molecular flexibility index (Phi) is 54.0. The monoisotopic (exact) mass is 483 g/mol. The summed E-state index contributed by atoms with van der Waals surface area (Å²) < 4.78 is 21.4. The smallest absolute Gasteiger partial charge is 0.237 e. The van der Waals surface area contributed by atoms with E-state index in [9.17, 15) is 8.42 Å². The van der Waals surface area contributed by atoms with Crippen molar-refractivity contribution in [2.24, 2.45) is 0 Å². The fraction of sp³-hybridized carbons (Fsp3) is 0.364. The zero-order chi connectivity index (χ0) is 21.3. The van der Waals surface area contributed by atoms with Gasteiger partial charge in [0.05, 0.1) is 6.26 Å². The van der Waals surface area contributed by atoms with Gasteiger partial charge in [-0.05, 0) is 6.92 Å². The van der Waals surface area contributed by atoms with Gasteiger partial charge in [0.15, 0.2) is 6.19 Å². The molecule has 6 heteroatoms. The Morgan fingerprint density at radius 2 is 1.21 bits per heavy atom. The predicted octanol–water partition coefficient (Wildman–Crippen LogP) is 6.02. The maximum Gasteiger partial charge on any atom is 0.237 e. The number of hydrogen-bond acceptors (Lipinski definition) is 3. The van der Waals surface area contributed by atoms with E-state index in [1.807, 2.05) is 90.1 Å². The van der Waals surface area contributed by atoms with Gasteiger partial charge >= 0.3 is 0 Å². The molecule has 0 unspecified atom stereocenters. The molecule has 0 aromatic heterocycles. The van der Waals surface area contributed by atoms with E-state index in [0.717, 1.165) is 6.26 Å². The van der Waals surface area contributed by atoms with Crippen molar-refractivity contribution in [2.45, 2.75) is 48.5 Å². The van der Waals surface area contributed by atoms with Gasteiger partial charge in [-0.2, -0.15) is 41.7 Å². The summed E-state index contributed by atoms with van der Waals surface area (Å²) in [6.07, 6.45) is 2.18. The van der Waals surface area contributed by atoms with E-state index in [1.165, 1.54) is 11.8 Å². The van der Waals surface area contributed by atoms with Crippen LogP contribution in [0.25, 0.3) is 0 Å². The minimum Gasteiger partial charge on any atom is -0.358 e. The molecule has 0 aliphatic carbocycles. The molecule has 1 N–H and O–H groups in total. The summed E-state index contributed by atoms with van der Waals surface area (Å²) in [5, 5.41) is 7.66.